The lowest BCUT2D eigenvalue weighted by molar-refractivity contribution is 0.199. The van der Waals surface area contributed by atoms with Crippen LogP contribution in [0.15, 0.2) is 50.8 Å². The molecule has 0 bridgehead atoms. The molecule has 1 aromatic heterocycles. The number of hydrogen-bond acceptors (Lipinski definition) is 3. The maximum Gasteiger partial charge on any atom is 0.114 e. The van der Waals surface area contributed by atoms with Crippen molar-refractivity contribution in [3.63, 3.8) is 0 Å². The predicted molar refractivity (Wildman–Crippen MR) is 64.6 cm³/mol. The molecular weight excluding hydrogens is 220 g/mol. The third kappa shape index (κ3) is 2.49. The van der Waals surface area contributed by atoms with E-state index < -0.39 is 6.10 Å². The highest BCUT2D eigenvalue weighted by atomic mass is 32.2. The van der Waals surface area contributed by atoms with Crippen molar-refractivity contribution in [1.29, 1.82) is 0 Å². The molecule has 3 heteroatoms. The summed E-state index contributed by atoms with van der Waals surface area (Å²) in [4.78, 5) is 2.28. The Balaban J connectivity index is 2.14. The summed E-state index contributed by atoms with van der Waals surface area (Å²) in [6.07, 6.45) is 1.29. The fraction of sp³-hybridized carbons (Fsp3) is 0.231. The van der Waals surface area contributed by atoms with Crippen LogP contribution >= 0.6 is 11.8 Å². The van der Waals surface area contributed by atoms with E-state index in [-0.39, 0.29) is 0 Å². The molecular formula is C13H14O2S. The molecule has 1 N–H and O–H groups in total. The summed E-state index contributed by atoms with van der Waals surface area (Å²) >= 11 is 1.67. The number of aryl methyl sites for hydroxylation is 1. The van der Waals surface area contributed by atoms with Crippen molar-refractivity contribution in [2.75, 3.05) is 0 Å². The van der Waals surface area contributed by atoms with Crippen LogP contribution in [0, 0.1) is 6.92 Å². The summed E-state index contributed by atoms with van der Waals surface area (Å²) in [7, 11) is 0. The lowest BCUT2D eigenvalue weighted by Crippen LogP contribution is -1.89. The molecule has 0 fully saturated rings. The van der Waals surface area contributed by atoms with Crippen molar-refractivity contribution in [2.24, 2.45) is 0 Å². The van der Waals surface area contributed by atoms with E-state index >= 15 is 0 Å². The molecule has 1 atom stereocenters. The van der Waals surface area contributed by atoms with E-state index in [1.165, 1.54) is 0 Å². The van der Waals surface area contributed by atoms with Crippen molar-refractivity contribution < 1.29 is 9.52 Å². The molecule has 84 valence electrons. The van der Waals surface area contributed by atoms with Crippen LogP contribution in [0.5, 0.6) is 0 Å². The van der Waals surface area contributed by atoms with Gasteiger partial charge in [-0.2, -0.15) is 0 Å². The number of aliphatic hydroxyl groups is 1. The maximum atomic E-state index is 9.39. The van der Waals surface area contributed by atoms with Gasteiger partial charge in [-0.3, -0.25) is 0 Å². The topological polar surface area (TPSA) is 33.4 Å². The SMILES string of the molecule is Cc1occc1Sc1ccc(C(C)O)cc1. The Morgan fingerprint density at radius 3 is 2.38 bits per heavy atom. The van der Waals surface area contributed by atoms with E-state index in [0.717, 1.165) is 21.1 Å². The molecule has 0 aliphatic heterocycles. The van der Waals surface area contributed by atoms with E-state index in [1.54, 1.807) is 24.9 Å². The first-order valence-corrected chi connectivity index (χ1v) is 5.98. The van der Waals surface area contributed by atoms with Gasteiger partial charge in [-0.25, -0.2) is 0 Å². The van der Waals surface area contributed by atoms with Gasteiger partial charge in [-0.1, -0.05) is 23.9 Å². The summed E-state index contributed by atoms with van der Waals surface area (Å²) in [6.45, 7) is 3.72. The number of rotatable bonds is 3. The minimum Gasteiger partial charge on any atom is -0.468 e. The van der Waals surface area contributed by atoms with Gasteiger partial charge in [0, 0.05) is 4.90 Å². The minimum absolute atomic E-state index is 0.408. The number of furan rings is 1. The van der Waals surface area contributed by atoms with Crippen molar-refractivity contribution in [2.45, 2.75) is 29.7 Å². The highest BCUT2D eigenvalue weighted by Gasteiger charge is 2.04. The summed E-state index contributed by atoms with van der Waals surface area (Å²) in [5.41, 5.74) is 0.938. The van der Waals surface area contributed by atoms with Gasteiger partial charge in [-0.05, 0) is 37.6 Å². The molecule has 1 heterocycles. The van der Waals surface area contributed by atoms with E-state index in [2.05, 4.69) is 0 Å². The highest BCUT2D eigenvalue weighted by Crippen LogP contribution is 2.31. The van der Waals surface area contributed by atoms with Gasteiger partial charge in [0.2, 0.25) is 0 Å². The molecule has 1 aromatic carbocycles. The number of hydrogen-bond donors (Lipinski definition) is 1. The lowest BCUT2D eigenvalue weighted by Gasteiger charge is -2.05. The summed E-state index contributed by atoms with van der Waals surface area (Å²) in [6, 6.07) is 9.88. The third-order valence-electron chi connectivity index (χ3n) is 2.40. The largest absolute Gasteiger partial charge is 0.468 e. The standard InChI is InChI=1S/C13H14O2S/c1-9(14)11-3-5-12(6-4-11)16-13-7-8-15-10(13)2/h3-9,14H,1-2H3. The lowest BCUT2D eigenvalue weighted by atomic mass is 10.1. The Bertz CT molecular complexity index is 457. The van der Waals surface area contributed by atoms with Gasteiger partial charge in [0.15, 0.2) is 0 Å². The van der Waals surface area contributed by atoms with Gasteiger partial charge in [0.25, 0.3) is 0 Å². The molecule has 0 aliphatic carbocycles. The molecule has 0 saturated carbocycles. The second-order valence-electron chi connectivity index (χ2n) is 3.69. The van der Waals surface area contributed by atoms with Gasteiger partial charge in [0.05, 0.1) is 17.3 Å². The molecule has 2 rings (SSSR count). The van der Waals surface area contributed by atoms with Gasteiger partial charge >= 0.3 is 0 Å². The normalized spacial score (nSPS) is 12.7. The first-order chi connectivity index (χ1) is 7.66. The Kier molecular flexibility index (Phi) is 3.36. The van der Waals surface area contributed by atoms with Gasteiger partial charge < -0.3 is 9.52 Å². The third-order valence-corrected chi connectivity index (χ3v) is 3.55. The van der Waals surface area contributed by atoms with Crippen LogP contribution in [-0.2, 0) is 0 Å². The summed E-state index contributed by atoms with van der Waals surface area (Å²) in [5.74, 6) is 0.935. The Morgan fingerprint density at radius 1 is 1.19 bits per heavy atom. The maximum absolute atomic E-state index is 9.39. The van der Waals surface area contributed by atoms with Crippen molar-refractivity contribution in [3.8, 4) is 0 Å². The van der Waals surface area contributed by atoms with E-state index in [4.69, 9.17) is 4.42 Å². The van der Waals surface area contributed by atoms with Crippen LogP contribution in [0.2, 0.25) is 0 Å². The Labute approximate surface area is 99.3 Å². The van der Waals surface area contributed by atoms with Crippen LogP contribution in [0.25, 0.3) is 0 Å². The van der Waals surface area contributed by atoms with E-state index in [9.17, 15) is 5.11 Å². The quantitative estimate of drug-likeness (QED) is 0.877. The second-order valence-corrected chi connectivity index (χ2v) is 4.80. The zero-order valence-electron chi connectivity index (χ0n) is 9.31. The average molecular weight is 234 g/mol. The number of benzene rings is 1. The summed E-state index contributed by atoms with van der Waals surface area (Å²) < 4.78 is 5.24. The zero-order valence-corrected chi connectivity index (χ0v) is 10.1. The van der Waals surface area contributed by atoms with E-state index in [1.807, 2.05) is 37.3 Å². The highest BCUT2D eigenvalue weighted by molar-refractivity contribution is 7.99. The number of aliphatic hydroxyl groups excluding tert-OH is 1. The molecule has 0 spiro atoms. The van der Waals surface area contributed by atoms with Crippen LogP contribution < -0.4 is 0 Å². The van der Waals surface area contributed by atoms with Crippen LogP contribution in [-0.4, -0.2) is 5.11 Å². The molecule has 16 heavy (non-hydrogen) atoms. The first-order valence-electron chi connectivity index (χ1n) is 5.17. The molecule has 1 unspecified atom stereocenters. The smallest absolute Gasteiger partial charge is 0.114 e. The Hall–Kier alpha value is -1.19. The van der Waals surface area contributed by atoms with Crippen molar-refractivity contribution in [1.82, 2.24) is 0 Å². The summed E-state index contributed by atoms with van der Waals surface area (Å²) in [5, 5.41) is 9.39. The van der Waals surface area contributed by atoms with Gasteiger partial charge in [-0.15, -0.1) is 0 Å². The van der Waals surface area contributed by atoms with E-state index in [0.29, 0.717) is 0 Å². The van der Waals surface area contributed by atoms with Crippen LogP contribution in [0.3, 0.4) is 0 Å². The second kappa shape index (κ2) is 4.76. The molecule has 0 aliphatic rings. The zero-order chi connectivity index (χ0) is 11.5. The van der Waals surface area contributed by atoms with Crippen molar-refractivity contribution in [3.05, 3.63) is 47.9 Å². The Morgan fingerprint density at radius 2 is 1.88 bits per heavy atom. The molecule has 2 nitrogen and oxygen atoms in total. The van der Waals surface area contributed by atoms with Gasteiger partial charge in [0.1, 0.15) is 5.76 Å². The first kappa shape index (κ1) is 11.3. The molecule has 0 radical (unpaired) electrons. The fourth-order valence-corrected chi connectivity index (χ4v) is 2.26. The monoisotopic (exact) mass is 234 g/mol. The predicted octanol–water partition coefficient (Wildman–Crippen LogP) is 3.79. The molecule has 2 aromatic rings. The average Bonchev–Trinajstić information content (AvgIpc) is 2.65. The fourth-order valence-electron chi connectivity index (χ4n) is 1.42. The minimum atomic E-state index is -0.408. The van der Waals surface area contributed by atoms with Crippen LogP contribution in [0.4, 0.5) is 0 Å². The van der Waals surface area contributed by atoms with Crippen molar-refractivity contribution >= 4 is 11.8 Å². The van der Waals surface area contributed by atoms with Crippen LogP contribution in [0.1, 0.15) is 24.4 Å². The molecule has 0 amide bonds. The molecule has 0 saturated heterocycles.